The highest BCUT2D eigenvalue weighted by molar-refractivity contribution is 5.31. The molecule has 1 aliphatic heterocycles. The molecule has 6 nitrogen and oxygen atoms in total. The van der Waals surface area contributed by atoms with E-state index in [1.807, 2.05) is 31.3 Å². The second kappa shape index (κ2) is 11.2. The Balaban J connectivity index is 1.43. The number of ether oxygens (including phenoxy) is 3. The fourth-order valence-electron chi connectivity index (χ4n) is 3.50. The van der Waals surface area contributed by atoms with Gasteiger partial charge in [0, 0.05) is 32.7 Å². The summed E-state index contributed by atoms with van der Waals surface area (Å²) in [5.41, 5.74) is 2.57. The lowest BCUT2D eigenvalue weighted by Gasteiger charge is -2.27. The molecular formula is C23H32N2O4. The molecule has 0 aliphatic carbocycles. The average Bonchev–Trinajstić information content (AvgIpc) is 2.73. The van der Waals surface area contributed by atoms with E-state index in [1.54, 1.807) is 7.11 Å². The lowest BCUT2D eigenvalue weighted by atomic mass is 10.1. The highest BCUT2D eigenvalue weighted by Crippen LogP contribution is 2.17. The van der Waals surface area contributed by atoms with Gasteiger partial charge in [0.05, 0.1) is 20.3 Å². The Hall–Kier alpha value is -2.12. The second-order valence-electron chi connectivity index (χ2n) is 7.55. The SMILES string of the molecule is COc1ccc(OC[C@H](O)CN(C)Cc2cccc(CN3CCOCC3)c2)cc1. The van der Waals surface area contributed by atoms with E-state index >= 15 is 0 Å². The van der Waals surface area contributed by atoms with Crippen LogP contribution in [0.3, 0.4) is 0 Å². The lowest BCUT2D eigenvalue weighted by molar-refractivity contribution is 0.0342. The molecule has 1 atom stereocenters. The topological polar surface area (TPSA) is 54.4 Å². The standard InChI is InChI=1S/C23H32N2O4/c1-24(17-21(26)18-29-23-8-6-22(27-2)7-9-23)15-19-4-3-5-20(14-19)16-25-10-12-28-13-11-25/h3-9,14,21,26H,10-13,15-18H2,1-2H3/t21-/m1/s1. The predicted octanol–water partition coefficient (Wildman–Crippen LogP) is 2.40. The number of benzene rings is 2. The summed E-state index contributed by atoms with van der Waals surface area (Å²) in [6.45, 7) is 6.17. The molecule has 0 aromatic heterocycles. The number of likely N-dealkylation sites (N-methyl/N-ethyl adjacent to an activating group) is 1. The van der Waals surface area contributed by atoms with Gasteiger partial charge >= 0.3 is 0 Å². The molecule has 0 spiro atoms. The maximum atomic E-state index is 10.3. The molecule has 0 radical (unpaired) electrons. The smallest absolute Gasteiger partial charge is 0.119 e. The van der Waals surface area contributed by atoms with Crippen LogP contribution in [0.4, 0.5) is 0 Å². The number of hydrogen-bond acceptors (Lipinski definition) is 6. The van der Waals surface area contributed by atoms with Crippen LogP contribution in [0.1, 0.15) is 11.1 Å². The van der Waals surface area contributed by atoms with Gasteiger partial charge in [0.2, 0.25) is 0 Å². The van der Waals surface area contributed by atoms with Crippen molar-refractivity contribution in [3.63, 3.8) is 0 Å². The van der Waals surface area contributed by atoms with E-state index in [0.717, 1.165) is 50.9 Å². The lowest BCUT2D eigenvalue weighted by Crippen LogP contribution is -2.35. The van der Waals surface area contributed by atoms with Crippen molar-refractivity contribution in [3.8, 4) is 11.5 Å². The number of hydrogen-bond donors (Lipinski definition) is 1. The molecule has 0 bridgehead atoms. The summed E-state index contributed by atoms with van der Waals surface area (Å²) >= 11 is 0. The molecule has 1 heterocycles. The Morgan fingerprint density at radius 1 is 1.07 bits per heavy atom. The molecule has 1 aliphatic rings. The van der Waals surface area contributed by atoms with Gasteiger partial charge in [-0.15, -0.1) is 0 Å². The van der Waals surface area contributed by atoms with Gasteiger partial charge in [-0.1, -0.05) is 24.3 Å². The third kappa shape index (κ3) is 7.33. The second-order valence-corrected chi connectivity index (χ2v) is 7.55. The summed E-state index contributed by atoms with van der Waals surface area (Å²) in [4.78, 5) is 4.54. The molecule has 1 saturated heterocycles. The van der Waals surface area contributed by atoms with E-state index in [0.29, 0.717) is 6.54 Å². The summed E-state index contributed by atoms with van der Waals surface area (Å²) in [7, 11) is 3.65. The van der Waals surface area contributed by atoms with Crippen molar-refractivity contribution in [1.82, 2.24) is 9.80 Å². The highest BCUT2D eigenvalue weighted by atomic mass is 16.5. The van der Waals surface area contributed by atoms with Gasteiger partial charge in [-0.05, 0) is 42.4 Å². The minimum Gasteiger partial charge on any atom is -0.497 e. The zero-order valence-corrected chi connectivity index (χ0v) is 17.4. The normalized spacial score (nSPS) is 16.0. The monoisotopic (exact) mass is 400 g/mol. The number of nitrogens with zero attached hydrogens (tertiary/aromatic N) is 2. The summed E-state index contributed by atoms with van der Waals surface area (Å²) in [5, 5.41) is 10.3. The van der Waals surface area contributed by atoms with Crippen LogP contribution in [0.15, 0.2) is 48.5 Å². The Labute approximate surface area is 173 Å². The number of morpholine rings is 1. The summed E-state index contributed by atoms with van der Waals surface area (Å²) in [5.74, 6) is 1.51. The van der Waals surface area contributed by atoms with Crippen LogP contribution in [0.2, 0.25) is 0 Å². The molecule has 1 N–H and O–H groups in total. The van der Waals surface area contributed by atoms with Crippen molar-refractivity contribution in [2.45, 2.75) is 19.2 Å². The quantitative estimate of drug-likeness (QED) is 0.661. The first-order valence-corrected chi connectivity index (χ1v) is 10.1. The van der Waals surface area contributed by atoms with Gasteiger partial charge < -0.3 is 19.3 Å². The number of aliphatic hydroxyl groups is 1. The van der Waals surface area contributed by atoms with Crippen molar-refractivity contribution in [2.75, 3.05) is 53.6 Å². The molecule has 0 unspecified atom stereocenters. The van der Waals surface area contributed by atoms with Gasteiger partial charge in [-0.25, -0.2) is 0 Å². The van der Waals surface area contributed by atoms with Gasteiger partial charge in [-0.2, -0.15) is 0 Å². The van der Waals surface area contributed by atoms with Gasteiger partial charge in [0.1, 0.15) is 24.2 Å². The molecule has 2 aromatic rings. The van der Waals surface area contributed by atoms with E-state index in [4.69, 9.17) is 14.2 Å². The molecule has 3 rings (SSSR count). The average molecular weight is 401 g/mol. The van der Waals surface area contributed by atoms with Crippen LogP contribution in [0.25, 0.3) is 0 Å². The van der Waals surface area contributed by atoms with Crippen LogP contribution in [-0.2, 0) is 17.8 Å². The fraction of sp³-hybridized carbons (Fsp3) is 0.478. The van der Waals surface area contributed by atoms with Crippen molar-refractivity contribution in [1.29, 1.82) is 0 Å². The van der Waals surface area contributed by atoms with Crippen LogP contribution in [0, 0.1) is 0 Å². The van der Waals surface area contributed by atoms with Crippen LogP contribution < -0.4 is 9.47 Å². The van der Waals surface area contributed by atoms with Crippen LogP contribution in [-0.4, -0.2) is 74.6 Å². The minimum absolute atomic E-state index is 0.258. The maximum Gasteiger partial charge on any atom is 0.119 e. The first-order chi connectivity index (χ1) is 14.1. The minimum atomic E-state index is -0.557. The summed E-state index contributed by atoms with van der Waals surface area (Å²) < 4.78 is 16.2. The fourth-order valence-corrected chi connectivity index (χ4v) is 3.50. The van der Waals surface area contributed by atoms with Crippen molar-refractivity contribution in [3.05, 3.63) is 59.7 Å². The largest absolute Gasteiger partial charge is 0.497 e. The Morgan fingerprint density at radius 3 is 2.48 bits per heavy atom. The molecule has 29 heavy (non-hydrogen) atoms. The Bertz CT molecular complexity index is 732. The molecule has 0 saturated carbocycles. The van der Waals surface area contributed by atoms with E-state index in [2.05, 4.69) is 34.1 Å². The van der Waals surface area contributed by atoms with E-state index < -0.39 is 6.10 Å². The molecule has 1 fully saturated rings. The zero-order valence-electron chi connectivity index (χ0n) is 17.4. The number of aliphatic hydroxyl groups excluding tert-OH is 1. The predicted molar refractivity (Wildman–Crippen MR) is 113 cm³/mol. The number of rotatable bonds is 10. The molecule has 6 heteroatoms. The molecule has 2 aromatic carbocycles. The highest BCUT2D eigenvalue weighted by Gasteiger charge is 2.12. The first kappa shape index (κ1) is 21.6. The van der Waals surface area contributed by atoms with E-state index in [-0.39, 0.29) is 6.61 Å². The Kier molecular flexibility index (Phi) is 8.31. The number of methoxy groups -OCH3 is 1. The maximum absolute atomic E-state index is 10.3. The third-order valence-corrected chi connectivity index (χ3v) is 4.98. The molecule has 158 valence electrons. The summed E-state index contributed by atoms with van der Waals surface area (Å²) in [6.07, 6.45) is -0.557. The van der Waals surface area contributed by atoms with Crippen molar-refractivity contribution < 1.29 is 19.3 Å². The van der Waals surface area contributed by atoms with E-state index in [1.165, 1.54) is 11.1 Å². The van der Waals surface area contributed by atoms with Crippen LogP contribution >= 0.6 is 0 Å². The van der Waals surface area contributed by atoms with E-state index in [9.17, 15) is 5.11 Å². The third-order valence-electron chi connectivity index (χ3n) is 4.98. The van der Waals surface area contributed by atoms with Gasteiger partial charge in [-0.3, -0.25) is 9.80 Å². The molecule has 0 amide bonds. The van der Waals surface area contributed by atoms with Crippen molar-refractivity contribution in [2.24, 2.45) is 0 Å². The zero-order chi connectivity index (χ0) is 20.5. The van der Waals surface area contributed by atoms with Gasteiger partial charge in [0.25, 0.3) is 0 Å². The van der Waals surface area contributed by atoms with Gasteiger partial charge in [0.15, 0.2) is 0 Å². The first-order valence-electron chi connectivity index (χ1n) is 10.1. The van der Waals surface area contributed by atoms with Crippen molar-refractivity contribution >= 4 is 0 Å². The van der Waals surface area contributed by atoms with Crippen LogP contribution in [0.5, 0.6) is 11.5 Å². The molecular weight excluding hydrogens is 368 g/mol. The summed E-state index contributed by atoms with van der Waals surface area (Å²) in [6, 6.07) is 16.1. The Morgan fingerprint density at radius 2 is 1.76 bits per heavy atom.